The fourth-order valence-corrected chi connectivity index (χ4v) is 3.00. The highest BCUT2D eigenvalue weighted by molar-refractivity contribution is 5.25. The SMILES string of the molecule is CCCCCCCCCCCc1ncc[nH]1.CN(C)Cc1ccc(O)cc1. The van der Waals surface area contributed by atoms with Gasteiger partial charge in [0.25, 0.3) is 0 Å². The minimum absolute atomic E-state index is 0.326. The lowest BCUT2D eigenvalue weighted by molar-refractivity contribution is 0.402. The second-order valence-electron chi connectivity index (χ2n) is 7.52. The predicted octanol–water partition coefficient (Wildman–Crippen LogP) is 5.94. The Morgan fingerprint density at radius 1 is 0.889 bits per heavy atom. The van der Waals surface area contributed by atoms with Gasteiger partial charge in [-0.15, -0.1) is 0 Å². The van der Waals surface area contributed by atoms with E-state index < -0.39 is 0 Å². The summed E-state index contributed by atoms with van der Waals surface area (Å²) in [5, 5.41) is 8.98. The van der Waals surface area contributed by atoms with Crippen LogP contribution in [0.1, 0.15) is 76.1 Å². The third-order valence-corrected chi connectivity index (χ3v) is 4.51. The quantitative estimate of drug-likeness (QED) is 0.453. The van der Waals surface area contributed by atoms with Crippen molar-refractivity contribution in [3.63, 3.8) is 0 Å². The first kappa shape index (κ1) is 23.2. The zero-order chi connectivity index (χ0) is 19.7. The molecule has 0 spiro atoms. The highest BCUT2D eigenvalue weighted by Crippen LogP contribution is 2.11. The standard InChI is InChI=1S/C14H26N2.C9H13NO/c1-2-3-4-5-6-7-8-9-10-11-14-15-12-13-16-14;1-10(2)7-8-3-5-9(11)6-4-8/h12-13H,2-11H2,1H3,(H,15,16);3-6,11H,7H2,1-2H3. The van der Waals surface area contributed by atoms with Crippen molar-refractivity contribution in [3.8, 4) is 5.75 Å². The molecule has 0 bridgehead atoms. The Balaban J connectivity index is 0.000000289. The van der Waals surface area contributed by atoms with E-state index in [4.69, 9.17) is 5.11 Å². The molecule has 0 fully saturated rings. The number of nitrogens with one attached hydrogen (secondary N) is 1. The van der Waals surface area contributed by atoms with E-state index in [1.165, 1.54) is 63.4 Å². The van der Waals surface area contributed by atoms with Crippen LogP contribution in [-0.4, -0.2) is 34.1 Å². The van der Waals surface area contributed by atoms with Gasteiger partial charge in [-0.05, 0) is 38.2 Å². The molecule has 0 atom stereocenters. The van der Waals surface area contributed by atoms with Crippen molar-refractivity contribution in [2.45, 2.75) is 77.7 Å². The number of hydrogen-bond acceptors (Lipinski definition) is 3. The maximum atomic E-state index is 8.98. The number of phenolic OH excluding ortho intramolecular Hbond substituents is 1. The summed E-state index contributed by atoms with van der Waals surface area (Å²) in [6.07, 6.45) is 17.4. The van der Waals surface area contributed by atoms with Gasteiger partial charge in [-0.3, -0.25) is 0 Å². The number of aromatic nitrogens is 2. The van der Waals surface area contributed by atoms with E-state index in [0.29, 0.717) is 5.75 Å². The molecule has 4 heteroatoms. The minimum Gasteiger partial charge on any atom is -0.508 e. The van der Waals surface area contributed by atoms with Gasteiger partial charge in [0.15, 0.2) is 0 Å². The van der Waals surface area contributed by atoms with Gasteiger partial charge in [-0.25, -0.2) is 4.98 Å². The molecule has 0 saturated carbocycles. The van der Waals surface area contributed by atoms with Crippen LogP contribution in [0.25, 0.3) is 0 Å². The van der Waals surface area contributed by atoms with Gasteiger partial charge >= 0.3 is 0 Å². The molecular weight excluding hydrogens is 334 g/mol. The van der Waals surface area contributed by atoms with Crippen molar-refractivity contribution >= 4 is 0 Å². The molecule has 0 aliphatic heterocycles. The van der Waals surface area contributed by atoms with Crippen LogP contribution in [0.2, 0.25) is 0 Å². The first-order valence-electron chi connectivity index (χ1n) is 10.5. The number of aromatic hydroxyl groups is 1. The van der Waals surface area contributed by atoms with Crippen LogP contribution in [0.4, 0.5) is 0 Å². The number of rotatable bonds is 12. The van der Waals surface area contributed by atoms with Crippen LogP contribution in [0, 0.1) is 0 Å². The molecular formula is C23H39N3O. The number of benzene rings is 1. The Hall–Kier alpha value is -1.81. The molecule has 0 aliphatic rings. The predicted molar refractivity (Wildman–Crippen MR) is 115 cm³/mol. The Labute approximate surface area is 166 Å². The van der Waals surface area contributed by atoms with E-state index in [0.717, 1.165) is 18.8 Å². The molecule has 152 valence electrons. The van der Waals surface area contributed by atoms with Gasteiger partial charge in [0, 0.05) is 25.4 Å². The summed E-state index contributed by atoms with van der Waals surface area (Å²) in [4.78, 5) is 9.47. The highest BCUT2D eigenvalue weighted by Gasteiger charge is 1.95. The highest BCUT2D eigenvalue weighted by atomic mass is 16.3. The van der Waals surface area contributed by atoms with Gasteiger partial charge in [-0.2, -0.15) is 0 Å². The van der Waals surface area contributed by atoms with Gasteiger partial charge in [0.05, 0.1) is 0 Å². The second kappa shape index (κ2) is 15.3. The number of aryl methyl sites for hydroxylation is 1. The molecule has 0 amide bonds. The molecule has 2 rings (SSSR count). The van der Waals surface area contributed by atoms with E-state index >= 15 is 0 Å². The normalized spacial score (nSPS) is 10.7. The molecule has 2 aromatic rings. The molecule has 2 N–H and O–H groups in total. The third kappa shape index (κ3) is 13.1. The molecule has 0 unspecified atom stereocenters. The fraction of sp³-hybridized carbons (Fsp3) is 0.609. The lowest BCUT2D eigenvalue weighted by Gasteiger charge is -2.08. The van der Waals surface area contributed by atoms with Gasteiger partial charge < -0.3 is 15.0 Å². The van der Waals surface area contributed by atoms with Crippen LogP contribution >= 0.6 is 0 Å². The van der Waals surface area contributed by atoms with E-state index in [-0.39, 0.29) is 0 Å². The number of H-pyrrole nitrogens is 1. The van der Waals surface area contributed by atoms with Crippen molar-refractivity contribution in [1.29, 1.82) is 0 Å². The number of unbranched alkanes of at least 4 members (excludes halogenated alkanes) is 8. The van der Waals surface area contributed by atoms with Crippen LogP contribution in [0.3, 0.4) is 0 Å². The van der Waals surface area contributed by atoms with Crippen LogP contribution in [-0.2, 0) is 13.0 Å². The van der Waals surface area contributed by atoms with E-state index in [1.54, 1.807) is 12.1 Å². The Bertz CT molecular complexity index is 550. The van der Waals surface area contributed by atoms with Crippen molar-refractivity contribution in [2.24, 2.45) is 0 Å². The fourth-order valence-electron chi connectivity index (χ4n) is 3.00. The van der Waals surface area contributed by atoms with Gasteiger partial charge in [-0.1, -0.05) is 70.4 Å². The zero-order valence-electron chi connectivity index (χ0n) is 17.6. The summed E-state index contributed by atoms with van der Waals surface area (Å²) < 4.78 is 0. The van der Waals surface area contributed by atoms with Crippen molar-refractivity contribution in [3.05, 3.63) is 48.0 Å². The number of imidazole rings is 1. The van der Waals surface area contributed by atoms with E-state index in [2.05, 4.69) is 21.8 Å². The van der Waals surface area contributed by atoms with Crippen LogP contribution < -0.4 is 0 Å². The van der Waals surface area contributed by atoms with Crippen LogP contribution in [0.5, 0.6) is 5.75 Å². The summed E-state index contributed by atoms with van der Waals surface area (Å²) in [7, 11) is 4.04. The molecule has 4 nitrogen and oxygen atoms in total. The zero-order valence-corrected chi connectivity index (χ0v) is 17.6. The lowest BCUT2D eigenvalue weighted by Crippen LogP contribution is -2.10. The van der Waals surface area contributed by atoms with Crippen molar-refractivity contribution in [2.75, 3.05) is 14.1 Å². The topological polar surface area (TPSA) is 52.2 Å². The first-order valence-corrected chi connectivity index (χ1v) is 10.5. The monoisotopic (exact) mass is 373 g/mol. The van der Waals surface area contributed by atoms with Crippen LogP contribution in [0.15, 0.2) is 36.7 Å². The average Bonchev–Trinajstić information content (AvgIpc) is 3.16. The molecule has 0 aliphatic carbocycles. The Morgan fingerprint density at radius 3 is 2.00 bits per heavy atom. The van der Waals surface area contributed by atoms with Crippen molar-refractivity contribution < 1.29 is 5.11 Å². The summed E-state index contributed by atoms with van der Waals surface area (Å²) >= 11 is 0. The maximum Gasteiger partial charge on any atom is 0.115 e. The largest absolute Gasteiger partial charge is 0.508 e. The van der Waals surface area contributed by atoms with E-state index in [1.807, 2.05) is 38.6 Å². The maximum absolute atomic E-state index is 8.98. The third-order valence-electron chi connectivity index (χ3n) is 4.51. The number of hydrogen-bond donors (Lipinski definition) is 2. The van der Waals surface area contributed by atoms with Gasteiger partial charge in [0.1, 0.15) is 11.6 Å². The molecule has 1 aromatic heterocycles. The second-order valence-corrected chi connectivity index (χ2v) is 7.52. The summed E-state index contributed by atoms with van der Waals surface area (Å²) in [5.41, 5.74) is 1.22. The average molecular weight is 374 g/mol. The number of nitrogens with zero attached hydrogens (tertiary/aromatic N) is 2. The smallest absolute Gasteiger partial charge is 0.115 e. The molecule has 27 heavy (non-hydrogen) atoms. The Kier molecular flexibility index (Phi) is 13.1. The lowest BCUT2D eigenvalue weighted by atomic mass is 10.1. The number of phenols is 1. The minimum atomic E-state index is 0.326. The Morgan fingerprint density at radius 2 is 1.48 bits per heavy atom. The summed E-state index contributed by atoms with van der Waals surface area (Å²) in [6.45, 7) is 3.19. The molecule has 1 heterocycles. The van der Waals surface area contributed by atoms with Gasteiger partial charge in [0.2, 0.25) is 0 Å². The van der Waals surface area contributed by atoms with E-state index in [9.17, 15) is 0 Å². The van der Waals surface area contributed by atoms with Crippen molar-refractivity contribution in [1.82, 2.24) is 14.9 Å². The molecule has 0 radical (unpaired) electrons. The summed E-state index contributed by atoms with van der Waals surface area (Å²) in [6, 6.07) is 7.27. The molecule has 1 aromatic carbocycles. The number of aromatic amines is 1. The molecule has 0 saturated heterocycles. The summed E-state index contributed by atoms with van der Waals surface area (Å²) in [5.74, 6) is 1.47. The first-order chi connectivity index (χ1) is 13.1.